The molecule has 0 radical (unpaired) electrons. The molecule has 0 spiro atoms. The lowest BCUT2D eigenvalue weighted by Gasteiger charge is -2.34. The first-order valence-electron chi connectivity index (χ1n) is 9.82. The van der Waals surface area contributed by atoms with Crippen molar-refractivity contribution in [2.45, 2.75) is 38.7 Å². The summed E-state index contributed by atoms with van der Waals surface area (Å²) in [6, 6.07) is 9.96. The lowest BCUT2D eigenvalue weighted by molar-refractivity contribution is 0.129. The van der Waals surface area contributed by atoms with E-state index in [0.717, 1.165) is 57.0 Å². The Kier molecular flexibility index (Phi) is 8.42. The molecule has 8 heteroatoms. The highest BCUT2D eigenvalue weighted by molar-refractivity contribution is 14.0. The molecule has 0 bridgehead atoms. The van der Waals surface area contributed by atoms with Crippen LogP contribution in [0.25, 0.3) is 0 Å². The number of ether oxygens (including phenoxy) is 1. The first kappa shape index (κ1) is 23.3. The van der Waals surface area contributed by atoms with E-state index < -0.39 is 9.84 Å². The van der Waals surface area contributed by atoms with E-state index in [1.807, 2.05) is 30.3 Å². The molecular formula is C20H32IN3O3S. The predicted octanol–water partition coefficient (Wildman–Crippen LogP) is 2.94. The van der Waals surface area contributed by atoms with Crippen LogP contribution in [0.2, 0.25) is 0 Å². The van der Waals surface area contributed by atoms with Crippen molar-refractivity contribution in [3.63, 3.8) is 0 Å². The van der Waals surface area contributed by atoms with Gasteiger partial charge in [-0.05, 0) is 31.9 Å². The Morgan fingerprint density at radius 3 is 2.43 bits per heavy atom. The first-order chi connectivity index (χ1) is 12.9. The molecule has 1 aromatic rings. The van der Waals surface area contributed by atoms with Gasteiger partial charge in [-0.15, -0.1) is 24.0 Å². The summed E-state index contributed by atoms with van der Waals surface area (Å²) >= 11 is 0. The van der Waals surface area contributed by atoms with Gasteiger partial charge >= 0.3 is 0 Å². The van der Waals surface area contributed by atoms with Crippen LogP contribution in [0, 0.1) is 5.41 Å². The topological polar surface area (TPSA) is 71.0 Å². The summed E-state index contributed by atoms with van der Waals surface area (Å²) in [5.74, 6) is 2.07. The quantitative estimate of drug-likeness (QED) is 0.340. The minimum absolute atomic E-state index is 0. The summed E-state index contributed by atoms with van der Waals surface area (Å²) in [7, 11) is -2.96. The number of para-hydroxylation sites is 1. The molecule has 0 unspecified atom stereocenters. The van der Waals surface area contributed by atoms with Crippen molar-refractivity contribution < 1.29 is 13.2 Å². The molecule has 0 aromatic heterocycles. The van der Waals surface area contributed by atoms with Gasteiger partial charge in [0, 0.05) is 50.7 Å². The zero-order valence-corrected chi connectivity index (χ0v) is 19.9. The Bertz CT molecular complexity index is 743. The fraction of sp³-hybridized carbons (Fsp3) is 0.650. The maximum Gasteiger partial charge on any atom is 0.193 e. The fourth-order valence-corrected chi connectivity index (χ4v) is 5.12. The number of benzene rings is 1. The molecular weight excluding hydrogens is 489 g/mol. The van der Waals surface area contributed by atoms with Crippen LogP contribution < -0.4 is 10.1 Å². The van der Waals surface area contributed by atoms with Crippen LogP contribution in [0.1, 0.15) is 32.6 Å². The number of piperidine rings is 1. The molecule has 1 saturated carbocycles. The van der Waals surface area contributed by atoms with Gasteiger partial charge in [0.25, 0.3) is 0 Å². The van der Waals surface area contributed by atoms with E-state index in [2.05, 4.69) is 17.1 Å². The van der Waals surface area contributed by atoms with Gasteiger partial charge in [-0.2, -0.15) is 0 Å². The van der Waals surface area contributed by atoms with Crippen molar-refractivity contribution in [3.05, 3.63) is 30.3 Å². The summed E-state index contributed by atoms with van der Waals surface area (Å²) in [6.07, 6.45) is 5.36. The SMILES string of the molecule is CCNC(=NCC1(CS(C)(=O)=O)CC1)N1CCC(Oc2ccccc2)CC1.I. The van der Waals surface area contributed by atoms with Gasteiger partial charge in [0.2, 0.25) is 0 Å². The maximum absolute atomic E-state index is 11.7. The summed E-state index contributed by atoms with van der Waals surface area (Å²) in [5.41, 5.74) is -0.136. The van der Waals surface area contributed by atoms with Crippen molar-refractivity contribution in [2.24, 2.45) is 10.4 Å². The van der Waals surface area contributed by atoms with Crippen LogP contribution in [0.4, 0.5) is 0 Å². The number of nitrogens with one attached hydrogen (secondary N) is 1. The monoisotopic (exact) mass is 521 g/mol. The molecule has 158 valence electrons. The predicted molar refractivity (Wildman–Crippen MR) is 124 cm³/mol. The largest absolute Gasteiger partial charge is 0.490 e. The fourth-order valence-electron chi connectivity index (χ4n) is 3.63. The zero-order chi connectivity index (χ0) is 19.3. The second-order valence-electron chi connectivity index (χ2n) is 7.86. The van der Waals surface area contributed by atoms with Gasteiger partial charge in [0.15, 0.2) is 5.96 Å². The van der Waals surface area contributed by atoms with E-state index in [0.29, 0.717) is 6.54 Å². The highest BCUT2D eigenvalue weighted by Crippen LogP contribution is 2.47. The molecule has 6 nitrogen and oxygen atoms in total. The minimum Gasteiger partial charge on any atom is -0.490 e. The van der Waals surface area contributed by atoms with Crippen molar-refractivity contribution in [3.8, 4) is 5.75 Å². The summed E-state index contributed by atoms with van der Waals surface area (Å²) < 4.78 is 29.4. The molecule has 2 fully saturated rings. The van der Waals surface area contributed by atoms with Crippen LogP contribution in [-0.2, 0) is 9.84 Å². The molecule has 1 N–H and O–H groups in total. The average Bonchev–Trinajstić information content (AvgIpc) is 3.38. The first-order valence-corrected chi connectivity index (χ1v) is 11.9. The number of hydrogen-bond donors (Lipinski definition) is 1. The van der Waals surface area contributed by atoms with Crippen LogP contribution >= 0.6 is 24.0 Å². The Hall–Kier alpha value is -1.03. The summed E-state index contributed by atoms with van der Waals surface area (Å²) in [5, 5.41) is 3.37. The number of aliphatic imine (C=N–C) groups is 1. The van der Waals surface area contributed by atoms with Crippen LogP contribution in [0.3, 0.4) is 0 Å². The summed E-state index contributed by atoms with van der Waals surface area (Å²) in [4.78, 5) is 7.06. The number of nitrogens with zero attached hydrogens (tertiary/aromatic N) is 2. The number of likely N-dealkylation sites (tertiary alicyclic amines) is 1. The van der Waals surface area contributed by atoms with Gasteiger partial charge in [0.1, 0.15) is 21.7 Å². The number of halogens is 1. The molecule has 0 amide bonds. The van der Waals surface area contributed by atoms with E-state index in [1.165, 1.54) is 6.26 Å². The normalized spacial score (nSPS) is 19.6. The van der Waals surface area contributed by atoms with Crippen LogP contribution in [-0.4, -0.2) is 63.6 Å². The smallest absolute Gasteiger partial charge is 0.193 e. The third-order valence-corrected chi connectivity index (χ3v) is 6.35. The second kappa shape index (κ2) is 10.1. The molecule has 2 aliphatic rings. The van der Waals surface area contributed by atoms with Crippen molar-refractivity contribution >= 4 is 39.8 Å². The molecule has 3 rings (SSSR count). The Morgan fingerprint density at radius 2 is 1.89 bits per heavy atom. The zero-order valence-electron chi connectivity index (χ0n) is 16.8. The molecule has 1 aromatic carbocycles. The van der Waals surface area contributed by atoms with Crippen molar-refractivity contribution in [1.29, 1.82) is 0 Å². The Labute approximate surface area is 186 Å². The van der Waals surface area contributed by atoms with Gasteiger partial charge in [0.05, 0.1) is 5.75 Å². The van der Waals surface area contributed by atoms with Gasteiger partial charge < -0.3 is 15.0 Å². The molecule has 1 aliphatic heterocycles. The van der Waals surface area contributed by atoms with E-state index in [9.17, 15) is 8.42 Å². The third kappa shape index (κ3) is 7.09. The van der Waals surface area contributed by atoms with Crippen LogP contribution in [0.5, 0.6) is 5.75 Å². The van der Waals surface area contributed by atoms with Gasteiger partial charge in [-0.3, -0.25) is 4.99 Å². The highest BCUT2D eigenvalue weighted by atomic mass is 127. The number of hydrogen-bond acceptors (Lipinski definition) is 4. The molecule has 28 heavy (non-hydrogen) atoms. The van der Waals surface area contributed by atoms with Crippen molar-refractivity contribution in [2.75, 3.05) is 38.2 Å². The lowest BCUT2D eigenvalue weighted by Crippen LogP contribution is -2.47. The number of guanidine groups is 1. The molecule has 1 heterocycles. The molecule has 1 saturated heterocycles. The van der Waals surface area contributed by atoms with Gasteiger partial charge in [-0.25, -0.2) is 8.42 Å². The van der Waals surface area contributed by atoms with E-state index in [4.69, 9.17) is 9.73 Å². The lowest BCUT2D eigenvalue weighted by atomic mass is 10.1. The number of sulfone groups is 1. The number of rotatable bonds is 7. The third-order valence-electron chi connectivity index (χ3n) is 5.21. The minimum atomic E-state index is -2.96. The van der Waals surface area contributed by atoms with E-state index >= 15 is 0 Å². The Balaban J connectivity index is 0.00000280. The van der Waals surface area contributed by atoms with Crippen LogP contribution in [0.15, 0.2) is 35.3 Å². The van der Waals surface area contributed by atoms with Gasteiger partial charge in [-0.1, -0.05) is 18.2 Å². The molecule has 1 aliphatic carbocycles. The standard InChI is InChI=1S/C20H31N3O3S.HI/c1-3-21-19(22-15-20(11-12-20)16-27(2,24)25)23-13-9-18(10-14-23)26-17-7-5-4-6-8-17;/h4-8,18H,3,9-16H2,1-2H3,(H,21,22);1H. The molecule has 0 atom stereocenters. The van der Waals surface area contributed by atoms with E-state index in [1.54, 1.807) is 0 Å². The maximum atomic E-state index is 11.7. The Morgan fingerprint density at radius 1 is 1.25 bits per heavy atom. The summed E-state index contributed by atoms with van der Waals surface area (Å²) in [6.45, 7) is 5.23. The van der Waals surface area contributed by atoms with Crippen molar-refractivity contribution in [1.82, 2.24) is 10.2 Å². The average molecular weight is 521 g/mol. The second-order valence-corrected chi connectivity index (χ2v) is 10.00. The van der Waals surface area contributed by atoms with E-state index in [-0.39, 0.29) is 41.2 Å². The highest BCUT2D eigenvalue weighted by Gasteiger charge is 2.45.